The average Bonchev–Trinajstić information content (AvgIpc) is 3.07. The monoisotopic (exact) mass is 775 g/mol. The third-order valence-electron chi connectivity index (χ3n) is 9.41. The molecular formula is C38H61N7O8S. The predicted molar refractivity (Wildman–Crippen MR) is 209 cm³/mol. The van der Waals surface area contributed by atoms with Gasteiger partial charge in [0, 0.05) is 96.6 Å². The van der Waals surface area contributed by atoms with Crippen molar-refractivity contribution in [1.29, 1.82) is 0 Å². The average molecular weight is 776 g/mol. The number of aldehydes is 1. The molecule has 0 aromatic heterocycles. The fourth-order valence-electron chi connectivity index (χ4n) is 6.80. The van der Waals surface area contributed by atoms with Crippen molar-refractivity contribution < 1.29 is 39.3 Å². The summed E-state index contributed by atoms with van der Waals surface area (Å²) in [4.78, 5) is 71.2. The number of rotatable bonds is 18. The molecular weight excluding hydrogens is 715 g/mol. The summed E-state index contributed by atoms with van der Waals surface area (Å²) in [5.74, 6) is -1.55. The first kappa shape index (κ1) is 44.9. The zero-order chi connectivity index (χ0) is 39.7. The zero-order valence-electron chi connectivity index (χ0n) is 32.3. The highest BCUT2D eigenvalue weighted by atomic mass is 32.2. The normalized spacial score (nSPS) is 18.6. The van der Waals surface area contributed by atoms with Gasteiger partial charge in [0.15, 0.2) is 0 Å². The lowest BCUT2D eigenvalue weighted by Crippen LogP contribution is -2.53. The number of piperazine rings is 1. The lowest BCUT2D eigenvalue weighted by Gasteiger charge is -2.37. The van der Waals surface area contributed by atoms with Gasteiger partial charge in [0.25, 0.3) is 0 Å². The number of carbonyl (C=O) groups excluding carboxylic acids is 2. The van der Waals surface area contributed by atoms with Crippen molar-refractivity contribution in [1.82, 2.24) is 34.7 Å². The summed E-state index contributed by atoms with van der Waals surface area (Å²) in [5, 5.41) is 31.4. The van der Waals surface area contributed by atoms with Crippen LogP contribution in [0.2, 0.25) is 0 Å². The van der Waals surface area contributed by atoms with Gasteiger partial charge in [-0.15, -0.1) is 0 Å². The molecule has 2 saturated heterocycles. The van der Waals surface area contributed by atoms with E-state index in [9.17, 15) is 39.3 Å². The van der Waals surface area contributed by atoms with Crippen LogP contribution >= 0.6 is 11.8 Å². The summed E-state index contributed by atoms with van der Waals surface area (Å²) in [5.41, 5.74) is 3.86. The van der Waals surface area contributed by atoms with Gasteiger partial charge in [-0.3, -0.25) is 43.7 Å². The number of carbonyl (C=O) groups is 5. The van der Waals surface area contributed by atoms with E-state index in [0.29, 0.717) is 71.2 Å². The van der Waals surface area contributed by atoms with E-state index in [4.69, 9.17) is 0 Å². The molecule has 2 heterocycles. The quantitative estimate of drug-likeness (QED) is 0.155. The number of aliphatic carboxylic acids is 3. The number of thioether (sulfide) groups is 1. The highest BCUT2D eigenvalue weighted by Gasteiger charge is 2.25. The Morgan fingerprint density at radius 1 is 0.704 bits per heavy atom. The lowest BCUT2D eigenvalue weighted by atomic mass is 9.87. The van der Waals surface area contributed by atoms with Crippen LogP contribution in [0.3, 0.4) is 0 Å². The second kappa shape index (κ2) is 22.7. The summed E-state index contributed by atoms with van der Waals surface area (Å²) in [6.45, 7) is 16.1. The topological polar surface area (TPSA) is 178 Å². The number of hydrogen-bond acceptors (Lipinski definition) is 12. The van der Waals surface area contributed by atoms with Crippen LogP contribution in [0.15, 0.2) is 31.0 Å². The number of nitrogens with one attached hydrogen (secondary N) is 1. The molecule has 0 unspecified atom stereocenters. The minimum absolute atomic E-state index is 0.0185. The van der Waals surface area contributed by atoms with Crippen molar-refractivity contribution >= 4 is 41.9 Å². The van der Waals surface area contributed by atoms with E-state index >= 15 is 0 Å². The van der Waals surface area contributed by atoms with Crippen molar-refractivity contribution in [3.05, 3.63) is 47.7 Å². The fraction of sp³-hybridized carbons (Fsp3) is 0.658. The van der Waals surface area contributed by atoms with Gasteiger partial charge in [0.2, 0.25) is 5.91 Å². The maximum Gasteiger partial charge on any atom is 0.317 e. The van der Waals surface area contributed by atoms with E-state index in [1.807, 2.05) is 9.80 Å². The smallest absolute Gasteiger partial charge is 0.317 e. The van der Waals surface area contributed by atoms with Gasteiger partial charge in [0.1, 0.15) is 6.29 Å². The number of benzene rings is 1. The van der Waals surface area contributed by atoms with Crippen LogP contribution in [0.25, 0.3) is 0 Å². The molecule has 2 aliphatic rings. The number of hydrogen-bond donors (Lipinski definition) is 4. The molecule has 0 bridgehead atoms. The molecule has 54 heavy (non-hydrogen) atoms. The molecule has 0 spiro atoms. The van der Waals surface area contributed by atoms with Crippen LogP contribution in [-0.4, -0.2) is 191 Å². The van der Waals surface area contributed by atoms with Crippen LogP contribution in [0.1, 0.15) is 37.5 Å². The summed E-state index contributed by atoms with van der Waals surface area (Å²) in [6.07, 6.45) is 3.40. The van der Waals surface area contributed by atoms with Crippen LogP contribution < -0.4 is 5.32 Å². The van der Waals surface area contributed by atoms with Gasteiger partial charge in [-0.25, -0.2) is 0 Å². The Hall–Kier alpha value is -3.54. The first-order valence-corrected chi connectivity index (χ1v) is 19.8. The van der Waals surface area contributed by atoms with E-state index in [0.717, 1.165) is 38.1 Å². The van der Waals surface area contributed by atoms with Gasteiger partial charge in [-0.2, -0.15) is 11.8 Å². The number of nitrogens with zero attached hydrogens (tertiary/aromatic N) is 6. The fourth-order valence-corrected chi connectivity index (χ4v) is 7.75. The highest BCUT2D eigenvalue weighted by molar-refractivity contribution is 7.98. The number of amides is 1. The summed E-state index contributed by atoms with van der Waals surface area (Å²) < 4.78 is 0. The first-order valence-electron chi connectivity index (χ1n) is 18.7. The summed E-state index contributed by atoms with van der Waals surface area (Å²) in [6, 6.07) is 6.53. The van der Waals surface area contributed by atoms with Gasteiger partial charge >= 0.3 is 17.9 Å². The summed E-state index contributed by atoms with van der Waals surface area (Å²) in [7, 11) is 0. The van der Waals surface area contributed by atoms with E-state index in [2.05, 4.69) is 55.8 Å². The van der Waals surface area contributed by atoms with Crippen molar-refractivity contribution in [2.75, 3.05) is 110 Å². The molecule has 4 N–H and O–H groups in total. The second-order valence-electron chi connectivity index (χ2n) is 15.5. The van der Waals surface area contributed by atoms with Crippen LogP contribution in [0.4, 0.5) is 0 Å². The zero-order valence-corrected chi connectivity index (χ0v) is 33.1. The molecule has 1 amide bonds. The van der Waals surface area contributed by atoms with Gasteiger partial charge in [-0.05, 0) is 34.7 Å². The third-order valence-corrected chi connectivity index (χ3v) is 10.5. The van der Waals surface area contributed by atoms with Gasteiger partial charge in [0.05, 0.1) is 32.2 Å². The predicted octanol–water partition coefficient (Wildman–Crippen LogP) is 0.929. The molecule has 0 radical (unpaired) electrons. The van der Waals surface area contributed by atoms with Crippen molar-refractivity contribution in [3.8, 4) is 0 Å². The molecule has 1 aromatic rings. The van der Waals surface area contributed by atoms with E-state index in [1.54, 1.807) is 32.7 Å². The second-order valence-corrected chi connectivity index (χ2v) is 16.5. The maximum atomic E-state index is 13.7. The van der Waals surface area contributed by atoms with E-state index in [1.165, 1.54) is 16.7 Å². The molecule has 0 saturated carbocycles. The third kappa shape index (κ3) is 17.7. The molecule has 302 valence electrons. The number of carboxylic acids is 3. The first-order chi connectivity index (χ1) is 25.6. The molecule has 16 heteroatoms. The molecule has 2 aliphatic heterocycles. The minimum atomic E-state index is -1.00. The lowest BCUT2D eigenvalue weighted by molar-refractivity contribution is -0.141. The van der Waals surface area contributed by atoms with E-state index in [-0.39, 0.29) is 43.5 Å². The molecule has 1 aromatic carbocycles. The maximum absolute atomic E-state index is 13.7. The standard InChI is InChI=1S/C38H61N7O8S/c1-5-39-33(27-46)29-54-28-32-19-30(21-38(2,3)4)18-31(20-32)22-40-14-16-45(17-15-40)34(47)23-41-6-8-42(24-35(48)49)10-12-44(26-37(52)53)13-11-43(9-7-41)25-36(50)51/h5,18-20,27,33,39H,1,6-17,21-26,28-29H2,2-4H3,(H,48,49)(H,50,51)(H,52,53)/t33-/m1/s1. The Kier molecular flexibility index (Phi) is 18.9. The SMILES string of the molecule is C=CN[C@H](C=O)CSCc1cc(CN2CCN(C(=O)CN3CCN(CC(=O)O)CCN(CC(=O)O)CCN(CC(=O)O)CC3)CC2)cc(CC(C)(C)C)c1. The molecule has 15 nitrogen and oxygen atoms in total. The van der Waals surface area contributed by atoms with Crippen molar-refractivity contribution in [2.24, 2.45) is 5.41 Å². The van der Waals surface area contributed by atoms with Crippen molar-refractivity contribution in [2.45, 2.75) is 45.5 Å². The van der Waals surface area contributed by atoms with Crippen LogP contribution in [0, 0.1) is 5.41 Å². The minimum Gasteiger partial charge on any atom is -0.480 e. The Morgan fingerprint density at radius 2 is 1.13 bits per heavy atom. The number of carboxylic acid groups (broad SMARTS) is 3. The van der Waals surface area contributed by atoms with Crippen molar-refractivity contribution in [3.63, 3.8) is 0 Å². The Bertz CT molecular complexity index is 1370. The van der Waals surface area contributed by atoms with Crippen LogP contribution in [-0.2, 0) is 42.7 Å². The largest absolute Gasteiger partial charge is 0.480 e. The Morgan fingerprint density at radius 3 is 1.56 bits per heavy atom. The molecule has 0 aliphatic carbocycles. The molecule has 3 rings (SSSR count). The van der Waals surface area contributed by atoms with E-state index < -0.39 is 17.9 Å². The molecule has 1 atom stereocenters. The van der Waals surface area contributed by atoms with Gasteiger partial charge < -0.3 is 30.3 Å². The Balaban J connectivity index is 1.63. The summed E-state index contributed by atoms with van der Waals surface area (Å²) >= 11 is 1.71. The van der Waals surface area contributed by atoms with Gasteiger partial charge in [-0.1, -0.05) is 45.5 Å². The Labute approximate surface area is 324 Å². The highest BCUT2D eigenvalue weighted by Crippen LogP contribution is 2.25. The van der Waals surface area contributed by atoms with Crippen LogP contribution in [0.5, 0.6) is 0 Å². The molecule has 2 fully saturated rings.